The number of nitrogens with zero attached hydrogens (tertiary/aromatic N) is 3. The molecule has 13 heteroatoms. The molecule has 1 aromatic heterocycles. The van der Waals surface area contributed by atoms with Crippen LogP contribution in [-0.2, 0) is 22.4 Å². The lowest BCUT2D eigenvalue weighted by molar-refractivity contribution is -0.838. The molecule has 1 amide bonds. The van der Waals surface area contributed by atoms with Crippen LogP contribution in [-0.4, -0.2) is 97.0 Å². The molecule has 10 nitrogen and oxygen atoms in total. The van der Waals surface area contributed by atoms with E-state index in [0.29, 0.717) is 45.1 Å². The molecular weight excluding hydrogens is 655 g/mol. The highest BCUT2D eigenvalue weighted by Crippen LogP contribution is 2.37. The van der Waals surface area contributed by atoms with Crippen LogP contribution in [0.2, 0.25) is 0 Å². The van der Waals surface area contributed by atoms with Gasteiger partial charge in [-0.2, -0.15) is 27.0 Å². The second kappa shape index (κ2) is 18.1. The first-order valence-corrected chi connectivity index (χ1v) is 17.0. The van der Waals surface area contributed by atoms with Gasteiger partial charge in [0.15, 0.2) is 5.13 Å². The second-order valence-electron chi connectivity index (χ2n) is 13.6. The Morgan fingerprint density at radius 2 is 1.91 bits per heavy atom. The average molecular weight is 708 g/mol. The second-order valence-corrected chi connectivity index (χ2v) is 14.6. The number of alkyl carbamates (subject to hydrolysis) is 1. The summed E-state index contributed by atoms with van der Waals surface area (Å²) in [5, 5.41) is 30.6. The lowest BCUT2D eigenvalue weighted by Crippen LogP contribution is -2.50. The SMILES string of the molecule is CC(C)CN(Cc1ccc2nc(NCC[N+](C)(C)[O-])sc2c1)CC(O)C(Cc1ccccc1)NC(=O)OC1COC2CCCC21.S.S. The van der Waals surface area contributed by atoms with Gasteiger partial charge in [0.25, 0.3) is 0 Å². The van der Waals surface area contributed by atoms with Crippen LogP contribution < -0.4 is 10.6 Å². The number of quaternary nitrogens is 1. The molecule has 1 saturated carbocycles. The van der Waals surface area contributed by atoms with Crippen LogP contribution in [0, 0.1) is 17.0 Å². The molecule has 2 aliphatic rings. The predicted octanol–water partition coefficient (Wildman–Crippen LogP) is 5.23. The van der Waals surface area contributed by atoms with Gasteiger partial charge in [-0.25, -0.2) is 9.78 Å². The minimum Gasteiger partial charge on any atom is -0.633 e. The summed E-state index contributed by atoms with van der Waals surface area (Å²) in [6.07, 6.45) is 2.29. The lowest BCUT2D eigenvalue weighted by Gasteiger charge is -2.33. The molecule has 1 saturated heterocycles. The van der Waals surface area contributed by atoms with E-state index in [1.165, 1.54) is 0 Å². The number of benzene rings is 2. The zero-order valence-electron chi connectivity index (χ0n) is 28.0. The van der Waals surface area contributed by atoms with Gasteiger partial charge < -0.3 is 35.1 Å². The van der Waals surface area contributed by atoms with E-state index in [1.807, 2.05) is 36.4 Å². The molecule has 3 aromatic rings. The largest absolute Gasteiger partial charge is 0.633 e. The molecule has 1 aliphatic carbocycles. The lowest BCUT2D eigenvalue weighted by atomic mass is 10.00. The van der Waals surface area contributed by atoms with E-state index < -0.39 is 18.2 Å². The predicted molar refractivity (Wildman–Crippen MR) is 200 cm³/mol. The van der Waals surface area contributed by atoms with Crippen molar-refractivity contribution in [2.75, 3.05) is 52.2 Å². The van der Waals surface area contributed by atoms with Gasteiger partial charge in [0.1, 0.15) is 6.10 Å². The van der Waals surface area contributed by atoms with Crippen LogP contribution in [0.5, 0.6) is 0 Å². The number of rotatable bonds is 15. The van der Waals surface area contributed by atoms with Crippen molar-refractivity contribution in [3.05, 3.63) is 64.9 Å². The smallest absolute Gasteiger partial charge is 0.407 e. The Labute approximate surface area is 297 Å². The molecule has 5 unspecified atom stereocenters. The number of aliphatic hydroxyl groups excluding tert-OH is 1. The molecule has 0 radical (unpaired) electrons. The van der Waals surface area contributed by atoms with E-state index in [9.17, 15) is 15.1 Å². The summed E-state index contributed by atoms with van der Waals surface area (Å²) < 4.78 is 12.5. The molecule has 2 heterocycles. The highest BCUT2D eigenvalue weighted by molar-refractivity contribution is 7.59. The minimum atomic E-state index is -0.817. The van der Waals surface area contributed by atoms with Gasteiger partial charge in [0, 0.05) is 25.6 Å². The van der Waals surface area contributed by atoms with Crippen LogP contribution in [0.25, 0.3) is 10.2 Å². The number of carbonyl (C=O) groups is 1. The number of ether oxygens (including phenoxy) is 2. The number of nitrogens with one attached hydrogen (secondary N) is 2. The minimum absolute atomic E-state index is 0. The summed E-state index contributed by atoms with van der Waals surface area (Å²) in [4.78, 5) is 20.1. The zero-order valence-corrected chi connectivity index (χ0v) is 30.8. The molecule has 47 heavy (non-hydrogen) atoms. The summed E-state index contributed by atoms with van der Waals surface area (Å²) in [5.74, 6) is 0.651. The highest BCUT2D eigenvalue weighted by Gasteiger charge is 2.42. The number of likely N-dealkylation sites (N-methyl/N-ethyl adjacent to an activating group) is 1. The van der Waals surface area contributed by atoms with E-state index in [0.717, 1.165) is 52.3 Å². The number of hydrogen-bond donors (Lipinski definition) is 3. The monoisotopic (exact) mass is 707 g/mol. The topological polar surface area (TPSA) is 119 Å². The number of amides is 1. The third-order valence-corrected chi connectivity index (χ3v) is 9.61. The Morgan fingerprint density at radius 3 is 2.64 bits per heavy atom. The maximum Gasteiger partial charge on any atom is 0.407 e. The Bertz CT molecular complexity index is 1390. The molecule has 0 spiro atoms. The van der Waals surface area contributed by atoms with Gasteiger partial charge in [-0.1, -0.05) is 68.0 Å². The summed E-state index contributed by atoms with van der Waals surface area (Å²) in [7, 11) is 3.27. The maximum absolute atomic E-state index is 13.1. The van der Waals surface area contributed by atoms with Crippen molar-refractivity contribution in [2.24, 2.45) is 11.8 Å². The molecule has 2 aromatic carbocycles. The standard InChI is InChI=1S/C34H49N5O5S.2H2S/c1-23(2)19-38(20-25-13-14-27-32(18-25)45-33(36-27)35-15-16-39(3,4)42)21-29(40)28(17-24-9-6-5-7-10-24)37-34(41)44-31-22-43-30-12-8-11-26(30)31;;/h5-7,9-10,13-14,18,23,26,28-31,40H,8,11-12,15-17,19-22H2,1-4H3,(H,35,36)(H,37,41);2*1H2. The first-order valence-electron chi connectivity index (χ1n) is 16.2. The van der Waals surface area contributed by atoms with Crippen molar-refractivity contribution >= 4 is 59.8 Å². The molecule has 3 N–H and O–H groups in total. The van der Waals surface area contributed by atoms with Gasteiger partial charge in [0.2, 0.25) is 0 Å². The summed E-state index contributed by atoms with van der Waals surface area (Å²) in [5.41, 5.74) is 3.08. The van der Waals surface area contributed by atoms with Crippen molar-refractivity contribution in [1.29, 1.82) is 0 Å². The Morgan fingerprint density at radius 1 is 1.15 bits per heavy atom. The van der Waals surface area contributed by atoms with Crippen LogP contribution in [0.15, 0.2) is 48.5 Å². The van der Waals surface area contributed by atoms with Gasteiger partial charge in [-0.15, -0.1) is 0 Å². The van der Waals surface area contributed by atoms with Crippen LogP contribution in [0.3, 0.4) is 0 Å². The van der Waals surface area contributed by atoms with Gasteiger partial charge in [-0.3, -0.25) is 4.90 Å². The van der Waals surface area contributed by atoms with Gasteiger partial charge in [-0.05, 0) is 48.4 Å². The normalized spacial score (nSPS) is 20.4. The van der Waals surface area contributed by atoms with E-state index in [1.54, 1.807) is 25.4 Å². The van der Waals surface area contributed by atoms with E-state index in [-0.39, 0.29) is 49.8 Å². The maximum atomic E-state index is 13.1. The fourth-order valence-electron chi connectivity index (χ4n) is 6.47. The summed E-state index contributed by atoms with van der Waals surface area (Å²) >= 11 is 1.58. The van der Waals surface area contributed by atoms with Crippen molar-refractivity contribution in [1.82, 2.24) is 15.2 Å². The molecular formula is C34H53N5O5S3. The van der Waals surface area contributed by atoms with E-state index in [2.05, 4.69) is 46.5 Å². The molecule has 262 valence electrons. The quantitative estimate of drug-likeness (QED) is 0.145. The van der Waals surface area contributed by atoms with E-state index in [4.69, 9.17) is 9.47 Å². The van der Waals surface area contributed by atoms with Gasteiger partial charge in [0.05, 0.1) is 62.3 Å². The number of fused-ring (bicyclic) bond motifs is 2. The average Bonchev–Trinajstić information content (AvgIpc) is 3.69. The fourth-order valence-corrected chi connectivity index (χ4v) is 7.42. The third kappa shape index (κ3) is 11.8. The fraction of sp³-hybridized carbons (Fsp3) is 0.588. The van der Waals surface area contributed by atoms with Crippen molar-refractivity contribution in [2.45, 2.75) is 70.4 Å². The number of hydrogen-bond acceptors (Lipinski definition) is 9. The van der Waals surface area contributed by atoms with Crippen LogP contribution in [0.4, 0.5) is 9.93 Å². The van der Waals surface area contributed by atoms with Crippen molar-refractivity contribution in [3.63, 3.8) is 0 Å². The number of hydroxylamine groups is 3. The Kier molecular flexibility index (Phi) is 15.1. The highest BCUT2D eigenvalue weighted by atomic mass is 32.1. The summed E-state index contributed by atoms with van der Waals surface area (Å²) in [6, 6.07) is 15.7. The number of anilines is 1. The number of thiazole rings is 1. The Balaban J connectivity index is 0.00000300. The van der Waals surface area contributed by atoms with Gasteiger partial charge >= 0.3 is 6.09 Å². The molecule has 5 atom stereocenters. The zero-order chi connectivity index (χ0) is 32.0. The molecule has 2 fully saturated rings. The number of aliphatic hydroxyl groups is 1. The first-order chi connectivity index (χ1) is 21.5. The molecule has 1 aliphatic heterocycles. The van der Waals surface area contributed by atoms with Crippen LogP contribution in [0.1, 0.15) is 44.2 Å². The van der Waals surface area contributed by atoms with Crippen LogP contribution >= 0.6 is 38.3 Å². The van der Waals surface area contributed by atoms with E-state index >= 15 is 0 Å². The Hall–Kier alpha value is -2.10. The number of carbonyl (C=O) groups excluding carboxylic acids is 1. The first kappa shape index (κ1) is 39.3. The number of aromatic nitrogens is 1. The molecule has 0 bridgehead atoms. The molecule has 5 rings (SSSR count). The summed E-state index contributed by atoms with van der Waals surface area (Å²) in [6.45, 7) is 7.63. The third-order valence-electron chi connectivity index (χ3n) is 8.63. The van der Waals surface area contributed by atoms with Crippen molar-refractivity contribution < 1.29 is 24.0 Å². The van der Waals surface area contributed by atoms with Crippen molar-refractivity contribution in [3.8, 4) is 0 Å².